The van der Waals surface area contributed by atoms with Gasteiger partial charge in [-0.25, -0.2) is 0 Å². The van der Waals surface area contributed by atoms with Gasteiger partial charge < -0.3 is 16.0 Å². The van der Waals surface area contributed by atoms with Crippen molar-refractivity contribution in [2.24, 2.45) is 5.73 Å². The van der Waals surface area contributed by atoms with E-state index in [1.165, 1.54) is 12.8 Å². The van der Waals surface area contributed by atoms with Crippen molar-refractivity contribution in [1.29, 1.82) is 0 Å². The van der Waals surface area contributed by atoms with E-state index in [9.17, 15) is 4.79 Å². The Morgan fingerprint density at radius 2 is 1.81 bits per heavy atom. The van der Waals surface area contributed by atoms with Gasteiger partial charge in [-0.1, -0.05) is 24.3 Å². The molecule has 1 heterocycles. The van der Waals surface area contributed by atoms with Gasteiger partial charge in [0.1, 0.15) is 0 Å². The number of rotatable bonds is 5. The third-order valence-corrected chi connectivity index (χ3v) is 4.65. The molecular weight excluding hydrogens is 262 g/mol. The highest BCUT2D eigenvalue weighted by molar-refractivity contribution is 5.79. The molecule has 21 heavy (non-hydrogen) atoms. The molecule has 2 aliphatic rings. The summed E-state index contributed by atoms with van der Waals surface area (Å²) in [5, 5.41) is 3.19. The zero-order valence-electron chi connectivity index (χ0n) is 12.6. The summed E-state index contributed by atoms with van der Waals surface area (Å²) in [6.07, 6.45) is 5.34. The Bertz CT molecular complexity index is 491. The van der Waals surface area contributed by atoms with Gasteiger partial charge in [-0.3, -0.25) is 4.79 Å². The second kappa shape index (κ2) is 6.58. The normalized spacial score (nSPS) is 20.4. The standard InChI is InChI=1S/C17H25N3O/c18-12-14-4-2-1-3-13(14)11-17(21)19-15-7-9-20(10-8-15)16-5-6-16/h1-4,15-16H,5-12,18H2,(H,19,21). The molecule has 0 atom stereocenters. The molecule has 114 valence electrons. The number of hydrogen-bond acceptors (Lipinski definition) is 3. The molecule has 1 aromatic rings. The van der Waals surface area contributed by atoms with E-state index in [4.69, 9.17) is 5.73 Å². The molecule has 2 fully saturated rings. The van der Waals surface area contributed by atoms with Crippen LogP contribution in [-0.4, -0.2) is 36.0 Å². The number of likely N-dealkylation sites (tertiary alicyclic amines) is 1. The number of benzene rings is 1. The first kappa shape index (κ1) is 14.5. The predicted molar refractivity (Wildman–Crippen MR) is 83.8 cm³/mol. The van der Waals surface area contributed by atoms with Gasteiger partial charge in [0, 0.05) is 31.7 Å². The van der Waals surface area contributed by atoms with Gasteiger partial charge in [0.05, 0.1) is 6.42 Å². The van der Waals surface area contributed by atoms with E-state index in [0.717, 1.165) is 43.1 Å². The summed E-state index contributed by atoms with van der Waals surface area (Å²) < 4.78 is 0. The number of nitrogens with one attached hydrogen (secondary N) is 1. The highest BCUT2D eigenvalue weighted by atomic mass is 16.1. The number of hydrogen-bond donors (Lipinski definition) is 2. The molecule has 1 saturated heterocycles. The molecular formula is C17H25N3O. The van der Waals surface area contributed by atoms with Crippen LogP contribution in [0.1, 0.15) is 36.8 Å². The van der Waals surface area contributed by atoms with E-state index in [1.54, 1.807) is 0 Å². The van der Waals surface area contributed by atoms with Crippen molar-refractivity contribution in [2.45, 2.75) is 50.7 Å². The minimum Gasteiger partial charge on any atom is -0.353 e. The molecule has 4 heteroatoms. The molecule has 4 nitrogen and oxygen atoms in total. The van der Waals surface area contributed by atoms with Crippen LogP contribution in [0.2, 0.25) is 0 Å². The van der Waals surface area contributed by atoms with Crippen molar-refractivity contribution < 1.29 is 4.79 Å². The Labute approximate surface area is 126 Å². The van der Waals surface area contributed by atoms with E-state index in [1.807, 2.05) is 24.3 Å². The lowest BCUT2D eigenvalue weighted by molar-refractivity contribution is -0.121. The second-order valence-corrected chi connectivity index (χ2v) is 6.26. The Hall–Kier alpha value is -1.39. The van der Waals surface area contributed by atoms with Crippen LogP contribution in [0.4, 0.5) is 0 Å². The molecule has 0 unspecified atom stereocenters. The van der Waals surface area contributed by atoms with Crippen LogP contribution in [0.25, 0.3) is 0 Å². The van der Waals surface area contributed by atoms with E-state index < -0.39 is 0 Å². The van der Waals surface area contributed by atoms with Gasteiger partial charge in [-0.05, 0) is 36.8 Å². The Morgan fingerprint density at radius 3 is 2.43 bits per heavy atom. The number of nitrogens with two attached hydrogens (primary N) is 1. The summed E-state index contributed by atoms with van der Waals surface area (Å²) in [7, 11) is 0. The van der Waals surface area contributed by atoms with E-state index in [-0.39, 0.29) is 5.91 Å². The topological polar surface area (TPSA) is 58.4 Å². The Balaban J connectivity index is 1.48. The fraction of sp³-hybridized carbons (Fsp3) is 0.588. The van der Waals surface area contributed by atoms with Crippen molar-refractivity contribution in [1.82, 2.24) is 10.2 Å². The monoisotopic (exact) mass is 287 g/mol. The quantitative estimate of drug-likeness (QED) is 0.861. The number of carbonyl (C=O) groups excluding carboxylic acids is 1. The fourth-order valence-electron chi connectivity index (χ4n) is 3.23. The number of nitrogens with zero attached hydrogens (tertiary/aromatic N) is 1. The Kier molecular flexibility index (Phi) is 4.56. The molecule has 1 aliphatic heterocycles. The van der Waals surface area contributed by atoms with Crippen molar-refractivity contribution in [3.63, 3.8) is 0 Å². The summed E-state index contributed by atoms with van der Waals surface area (Å²) in [4.78, 5) is 14.8. The van der Waals surface area contributed by atoms with E-state index >= 15 is 0 Å². The third-order valence-electron chi connectivity index (χ3n) is 4.65. The first-order valence-corrected chi connectivity index (χ1v) is 8.06. The van der Waals surface area contributed by atoms with Crippen LogP contribution in [-0.2, 0) is 17.8 Å². The van der Waals surface area contributed by atoms with Crippen molar-refractivity contribution >= 4 is 5.91 Å². The first-order chi connectivity index (χ1) is 10.3. The maximum atomic E-state index is 12.2. The van der Waals surface area contributed by atoms with Crippen molar-refractivity contribution in [3.8, 4) is 0 Å². The zero-order chi connectivity index (χ0) is 14.7. The molecule has 1 amide bonds. The van der Waals surface area contributed by atoms with Crippen molar-refractivity contribution in [2.75, 3.05) is 13.1 Å². The summed E-state index contributed by atoms with van der Waals surface area (Å²) >= 11 is 0. The van der Waals surface area contributed by atoms with Crippen LogP contribution >= 0.6 is 0 Å². The number of amides is 1. The summed E-state index contributed by atoms with van der Waals surface area (Å²) in [6, 6.07) is 9.12. The minimum absolute atomic E-state index is 0.126. The SMILES string of the molecule is NCc1ccccc1CC(=O)NC1CCN(C2CC2)CC1. The predicted octanol–water partition coefficient (Wildman–Crippen LogP) is 1.43. The number of carbonyl (C=O) groups is 1. The number of piperidine rings is 1. The minimum atomic E-state index is 0.126. The molecule has 1 saturated carbocycles. The molecule has 3 N–H and O–H groups in total. The average Bonchev–Trinajstić information content (AvgIpc) is 3.33. The zero-order valence-corrected chi connectivity index (χ0v) is 12.6. The second-order valence-electron chi connectivity index (χ2n) is 6.26. The molecule has 0 bridgehead atoms. The molecule has 3 rings (SSSR count). The smallest absolute Gasteiger partial charge is 0.224 e. The molecule has 1 aliphatic carbocycles. The summed E-state index contributed by atoms with van der Waals surface area (Å²) in [5.74, 6) is 0.126. The van der Waals surface area contributed by atoms with Crippen LogP contribution in [0, 0.1) is 0 Å². The van der Waals surface area contributed by atoms with Crippen LogP contribution < -0.4 is 11.1 Å². The summed E-state index contributed by atoms with van der Waals surface area (Å²) in [5.41, 5.74) is 7.84. The average molecular weight is 287 g/mol. The Morgan fingerprint density at radius 1 is 1.14 bits per heavy atom. The van der Waals surface area contributed by atoms with Gasteiger partial charge in [0.15, 0.2) is 0 Å². The van der Waals surface area contributed by atoms with Gasteiger partial charge in [-0.2, -0.15) is 0 Å². The highest BCUT2D eigenvalue weighted by Crippen LogP contribution is 2.29. The summed E-state index contributed by atoms with van der Waals surface area (Å²) in [6.45, 7) is 2.76. The largest absolute Gasteiger partial charge is 0.353 e. The maximum Gasteiger partial charge on any atom is 0.224 e. The molecule has 1 aromatic carbocycles. The molecule has 0 radical (unpaired) electrons. The lowest BCUT2D eigenvalue weighted by Crippen LogP contribution is -2.45. The van der Waals surface area contributed by atoms with E-state index in [0.29, 0.717) is 19.0 Å². The molecule has 0 aromatic heterocycles. The van der Waals surface area contributed by atoms with Crippen LogP contribution in [0.3, 0.4) is 0 Å². The van der Waals surface area contributed by atoms with Gasteiger partial charge in [0.2, 0.25) is 5.91 Å². The first-order valence-electron chi connectivity index (χ1n) is 8.06. The van der Waals surface area contributed by atoms with Gasteiger partial charge in [-0.15, -0.1) is 0 Å². The lowest BCUT2D eigenvalue weighted by atomic mass is 10.0. The van der Waals surface area contributed by atoms with Gasteiger partial charge >= 0.3 is 0 Å². The highest BCUT2D eigenvalue weighted by Gasteiger charge is 2.32. The fourth-order valence-corrected chi connectivity index (χ4v) is 3.23. The third kappa shape index (κ3) is 3.83. The van der Waals surface area contributed by atoms with Crippen LogP contribution in [0.5, 0.6) is 0 Å². The van der Waals surface area contributed by atoms with Crippen molar-refractivity contribution in [3.05, 3.63) is 35.4 Å². The molecule has 0 spiro atoms. The lowest BCUT2D eigenvalue weighted by Gasteiger charge is -2.32. The maximum absolute atomic E-state index is 12.2. The van der Waals surface area contributed by atoms with Gasteiger partial charge in [0.25, 0.3) is 0 Å². The van der Waals surface area contributed by atoms with Crippen LogP contribution in [0.15, 0.2) is 24.3 Å². The van der Waals surface area contributed by atoms with E-state index in [2.05, 4.69) is 10.2 Å².